The van der Waals surface area contributed by atoms with E-state index in [9.17, 15) is 31.1 Å². The molecular weight excluding hydrogens is 523 g/mol. The highest BCUT2D eigenvalue weighted by Crippen LogP contribution is 2.39. The summed E-state index contributed by atoms with van der Waals surface area (Å²) in [6, 6.07) is 9.18. The van der Waals surface area contributed by atoms with E-state index < -0.39 is 37.7 Å². The monoisotopic (exact) mass is 546 g/mol. The van der Waals surface area contributed by atoms with Crippen LogP contribution in [0.3, 0.4) is 0 Å². The second-order valence-corrected chi connectivity index (χ2v) is 12.4. The highest BCUT2D eigenvalue weighted by molar-refractivity contribution is 7.92. The van der Waals surface area contributed by atoms with E-state index in [0.29, 0.717) is 18.4 Å². The van der Waals surface area contributed by atoms with Crippen LogP contribution < -0.4 is 10.0 Å². The maximum Gasteiger partial charge on any atom is 0.286 e. The molecule has 5 rings (SSSR count). The number of aliphatic hydroxyl groups is 1. The number of nitrogens with zero attached hydrogens (tertiary/aromatic N) is 2. The van der Waals surface area contributed by atoms with Crippen molar-refractivity contribution in [1.82, 2.24) is 4.90 Å². The molecule has 0 unspecified atom stereocenters. The molecule has 2 heterocycles. The number of halogens is 1. The minimum atomic E-state index is -4.36. The molecule has 2 aromatic carbocycles. The number of aliphatic hydroxyl groups excluding tert-OH is 1. The maximum atomic E-state index is 13.7. The van der Waals surface area contributed by atoms with E-state index >= 15 is 0 Å². The standard InChI is InChI=1S/C24H23FN4O6S2/c1-36(32,33)27-16-10-11-18-20(12-16)37(34,35)28-23(26-18)21-22(30)17-4-2-3-5-19(17)29(24(21)31)13-14-6-8-15(25)9-7-14/h2-3,6-12,17,19,27,30H,4-5,13H2,1H3,(H,26,28)/t17-,19-/m1/s1. The highest BCUT2D eigenvalue weighted by Gasteiger charge is 2.44. The third-order valence-corrected chi connectivity index (χ3v) is 8.33. The summed E-state index contributed by atoms with van der Waals surface area (Å²) >= 11 is 0. The Morgan fingerprint density at radius 1 is 1.16 bits per heavy atom. The third kappa shape index (κ3) is 4.83. The van der Waals surface area contributed by atoms with Crippen molar-refractivity contribution in [2.24, 2.45) is 10.3 Å². The number of amidine groups is 1. The van der Waals surface area contributed by atoms with Crippen LogP contribution in [0.4, 0.5) is 15.8 Å². The number of fused-ring (bicyclic) bond motifs is 2. The molecule has 10 nitrogen and oxygen atoms in total. The Morgan fingerprint density at radius 3 is 2.57 bits per heavy atom. The first-order chi connectivity index (χ1) is 17.4. The number of hydrogen-bond acceptors (Lipinski definition) is 7. The van der Waals surface area contributed by atoms with Crippen molar-refractivity contribution in [2.45, 2.75) is 30.3 Å². The number of benzene rings is 2. The smallest absolute Gasteiger partial charge is 0.286 e. The summed E-state index contributed by atoms with van der Waals surface area (Å²) in [5, 5.41) is 14.0. The van der Waals surface area contributed by atoms with Gasteiger partial charge in [-0.25, -0.2) is 12.8 Å². The molecule has 2 aliphatic heterocycles. The van der Waals surface area contributed by atoms with E-state index in [1.165, 1.54) is 24.3 Å². The van der Waals surface area contributed by atoms with E-state index in [4.69, 9.17) is 0 Å². The Labute approximate surface area is 213 Å². The molecule has 1 aliphatic carbocycles. The van der Waals surface area contributed by atoms with Gasteiger partial charge in [0.15, 0.2) is 5.84 Å². The first kappa shape index (κ1) is 25.0. The molecule has 194 valence electrons. The van der Waals surface area contributed by atoms with Gasteiger partial charge < -0.3 is 15.3 Å². The quantitative estimate of drug-likeness (QED) is 0.489. The Hall–Kier alpha value is -3.71. The van der Waals surface area contributed by atoms with Crippen molar-refractivity contribution < 1.29 is 31.1 Å². The van der Waals surface area contributed by atoms with Crippen molar-refractivity contribution in [1.29, 1.82) is 0 Å². The largest absolute Gasteiger partial charge is 0.511 e. The average Bonchev–Trinajstić information content (AvgIpc) is 2.82. The molecule has 0 spiro atoms. The van der Waals surface area contributed by atoms with Crippen LogP contribution in [0.5, 0.6) is 0 Å². The summed E-state index contributed by atoms with van der Waals surface area (Å²) < 4.78 is 68.6. The van der Waals surface area contributed by atoms with E-state index in [1.54, 1.807) is 17.0 Å². The van der Waals surface area contributed by atoms with Crippen LogP contribution in [0.1, 0.15) is 18.4 Å². The third-order valence-electron chi connectivity index (χ3n) is 6.41. The molecule has 0 radical (unpaired) electrons. The van der Waals surface area contributed by atoms with Gasteiger partial charge in [-0.05, 0) is 48.7 Å². The van der Waals surface area contributed by atoms with Crippen LogP contribution in [-0.2, 0) is 31.4 Å². The van der Waals surface area contributed by atoms with Gasteiger partial charge in [0.05, 0.1) is 11.9 Å². The van der Waals surface area contributed by atoms with Gasteiger partial charge >= 0.3 is 0 Å². The van der Waals surface area contributed by atoms with Crippen molar-refractivity contribution >= 4 is 43.2 Å². The Bertz CT molecular complexity index is 1600. The second-order valence-electron chi connectivity index (χ2n) is 9.06. The lowest BCUT2D eigenvalue weighted by atomic mass is 9.80. The highest BCUT2D eigenvalue weighted by atomic mass is 32.2. The summed E-state index contributed by atoms with van der Waals surface area (Å²) in [6.45, 7) is 0.127. The molecule has 0 aromatic heterocycles. The van der Waals surface area contributed by atoms with Gasteiger partial charge in [0, 0.05) is 24.2 Å². The molecule has 1 amide bonds. The van der Waals surface area contributed by atoms with Crippen molar-refractivity contribution in [3.8, 4) is 0 Å². The molecule has 3 N–H and O–H groups in total. The van der Waals surface area contributed by atoms with Crippen LogP contribution in [0.25, 0.3) is 0 Å². The lowest BCUT2D eigenvalue weighted by Crippen LogP contribution is -2.52. The van der Waals surface area contributed by atoms with Gasteiger partial charge in [-0.1, -0.05) is 24.3 Å². The molecule has 37 heavy (non-hydrogen) atoms. The number of rotatable bonds is 5. The molecule has 0 saturated carbocycles. The van der Waals surface area contributed by atoms with E-state index in [2.05, 4.69) is 14.4 Å². The van der Waals surface area contributed by atoms with Crippen molar-refractivity contribution in [2.75, 3.05) is 16.3 Å². The number of hydrogen-bond donors (Lipinski definition) is 3. The van der Waals surface area contributed by atoms with Crippen LogP contribution in [0.15, 0.2) is 75.2 Å². The lowest BCUT2D eigenvalue weighted by Gasteiger charge is -2.42. The number of nitrogens with one attached hydrogen (secondary N) is 2. The molecule has 2 atom stereocenters. The Balaban J connectivity index is 1.55. The zero-order valence-corrected chi connectivity index (χ0v) is 21.2. The molecule has 13 heteroatoms. The number of carbonyl (C=O) groups is 1. The summed E-state index contributed by atoms with van der Waals surface area (Å²) in [6.07, 6.45) is 5.67. The normalized spacial score (nSPS) is 22.6. The van der Waals surface area contributed by atoms with Crippen molar-refractivity contribution in [3.63, 3.8) is 0 Å². The number of sulfonamides is 2. The van der Waals surface area contributed by atoms with E-state index in [1.807, 2.05) is 12.2 Å². The van der Waals surface area contributed by atoms with Crippen LogP contribution in [0, 0.1) is 11.7 Å². The predicted molar refractivity (Wildman–Crippen MR) is 135 cm³/mol. The van der Waals surface area contributed by atoms with Crippen LogP contribution in [-0.4, -0.2) is 50.9 Å². The number of amides is 1. The lowest BCUT2D eigenvalue weighted by molar-refractivity contribution is -0.132. The first-order valence-electron chi connectivity index (χ1n) is 11.3. The predicted octanol–water partition coefficient (Wildman–Crippen LogP) is 2.90. The summed E-state index contributed by atoms with van der Waals surface area (Å²) in [5.74, 6) is -2.08. The van der Waals surface area contributed by atoms with E-state index in [0.717, 1.165) is 12.3 Å². The fourth-order valence-corrected chi connectivity index (χ4v) is 6.47. The molecular formula is C24H23FN4O6S2. The number of carbonyl (C=O) groups excluding carboxylic acids is 1. The molecule has 0 bridgehead atoms. The fraction of sp³-hybridized carbons (Fsp3) is 0.250. The number of allylic oxidation sites excluding steroid dienone is 1. The zero-order chi connectivity index (χ0) is 26.5. The zero-order valence-electron chi connectivity index (χ0n) is 19.5. The number of anilines is 2. The summed E-state index contributed by atoms with van der Waals surface area (Å²) in [7, 11) is -8.00. The second kappa shape index (κ2) is 8.99. The van der Waals surface area contributed by atoms with Gasteiger partial charge in [0.2, 0.25) is 10.0 Å². The minimum absolute atomic E-state index is 0.0309. The summed E-state index contributed by atoms with van der Waals surface area (Å²) in [4.78, 5) is 15.0. The SMILES string of the molecule is CS(=O)(=O)Nc1ccc2c(c1)S(=O)(=O)N=C(C1=C(O)[C@@H]3CC=CC[C@H]3N(Cc3ccc(F)cc3)C1=O)N2. The molecule has 2 aromatic rings. The molecule has 0 fully saturated rings. The van der Waals surface area contributed by atoms with Gasteiger partial charge in [-0.2, -0.15) is 8.42 Å². The van der Waals surface area contributed by atoms with Crippen molar-refractivity contribution in [3.05, 3.63) is 77.3 Å². The van der Waals surface area contributed by atoms with E-state index in [-0.39, 0.29) is 46.0 Å². The van der Waals surface area contributed by atoms with Crippen LogP contribution >= 0.6 is 0 Å². The minimum Gasteiger partial charge on any atom is -0.511 e. The van der Waals surface area contributed by atoms with Gasteiger partial charge in [0.25, 0.3) is 15.9 Å². The Kier molecular flexibility index (Phi) is 6.07. The summed E-state index contributed by atoms with van der Waals surface area (Å²) in [5.41, 5.74) is 0.522. The van der Waals surface area contributed by atoms with Gasteiger partial charge in [0.1, 0.15) is 22.0 Å². The van der Waals surface area contributed by atoms with Gasteiger partial charge in [-0.3, -0.25) is 9.52 Å². The molecule has 0 saturated heterocycles. The topological polar surface area (TPSA) is 145 Å². The Morgan fingerprint density at radius 2 is 1.86 bits per heavy atom. The maximum absolute atomic E-state index is 13.7. The van der Waals surface area contributed by atoms with Gasteiger partial charge in [-0.15, -0.1) is 4.40 Å². The fourth-order valence-electron chi connectivity index (χ4n) is 4.77. The van der Waals surface area contributed by atoms with Crippen LogP contribution in [0.2, 0.25) is 0 Å². The first-order valence-corrected chi connectivity index (χ1v) is 14.6. The molecule has 3 aliphatic rings. The average molecular weight is 547 g/mol.